The van der Waals surface area contributed by atoms with Gasteiger partial charge in [-0.05, 0) is 35.2 Å². The van der Waals surface area contributed by atoms with Gasteiger partial charge in [-0.1, -0.05) is 37.6 Å². The first-order valence-corrected chi connectivity index (χ1v) is 7.21. The van der Waals surface area contributed by atoms with Crippen LogP contribution in [0, 0.1) is 0 Å². The maximum atomic E-state index is 10.0. The van der Waals surface area contributed by atoms with Gasteiger partial charge in [0.25, 0.3) is 0 Å². The molecule has 108 valence electrons. The normalized spacial score (nSPS) is 12.7. The van der Waals surface area contributed by atoms with Crippen molar-refractivity contribution < 1.29 is 5.11 Å². The van der Waals surface area contributed by atoms with Gasteiger partial charge in [0, 0.05) is 11.6 Å². The number of H-pyrrole nitrogens is 1. The molecule has 2 heterocycles. The zero-order chi connectivity index (χ0) is 14.8. The van der Waals surface area contributed by atoms with Crippen LogP contribution in [-0.4, -0.2) is 15.1 Å². The Bertz CT molecular complexity index is 746. The number of nitrogen functional groups attached to an aromatic ring is 1. The molecule has 0 amide bonds. The van der Waals surface area contributed by atoms with Crippen molar-refractivity contribution in [2.45, 2.75) is 25.9 Å². The second kappa shape index (κ2) is 5.58. The van der Waals surface area contributed by atoms with Crippen molar-refractivity contribution in [2.24, 2.45) is 0 Å². The molecule has 1 unspecified atom stereocenters. The number of nitrogens with zero attached hydrogens (tertiary/aromatic N) is 1. The topological polar surface area (TPSA) is 74.9 Å². The lowest BCUT2D eigenvalue weighted by atomic mass is 9.99. The molecule has 4 nitrogen and oxygen atoms in total. The lowest BCUT2D eigenvalue weighted by Crippen LogP contribution is -1.96. The fourth-order valence-electron chi connectivity index (χ4n) is 2.62. The Morgan fingerprint density at radius 3 is 2.71 bits per heavy atom. The molecule has 4 N–H and O–H groups in total. The molecule has 1 atom stereocenters. The summed E-state index contributed by atoms with van der Waals surface area (Å²) in [5, 5.41) is 11.1. The van der Waals surface area contributed by atoms with Crippen molar-refractivity contribution in [3.05, 3.63) is 48.2 Å². The zero-order valence-corrected chi connectivity index (χ0v) is 12.0. The van der Waals surface area contributed by atoms with Crippen LogP contribution in [0.3, 0.4) is 0 Å². The number of aliphatic hydroxyl groups is 1. The predicted molar refractivity (Wildman–Crippen MR) is 85.8 cm³/mol. The molecule has 0 fully saturated rings. The first kappa shape index (κ1) is 13.6. The molecule has 1 aromatic carbocycles. The highest BCUT2D eigenvalue weighted by Crippen LogP contribution is 2.30. The van der Waals surface area contributed by atoms with E-state index in [1.807, 2.05) is 42.6 Å². The summed E-state index contributed by atoms with van der Waals surface area (Å²) in [6, 6.07) is 11.9. The van der Waals surface area contributed by atoms with Crippen molar-refractivity contribution in [1.29, 1.82) is 0 Å². The fraction of sp³-hybridized carbons (Fsp3) is 0.235. The second-order valence-electron chi connectivity index (χ2n) is 5.26. The molecule has 0 saturated heterocycles. The van der Waals surface area contributed by atoms with Crippen molar-refractivity contribution in [3.63, 3.8) is 0 Å². The monoisotopic (exact) mass is 281 g/mol. The van der Waals surface area contributed by atoms with Crippen LogP contribution in [0.2, 0.25) is 0 Å². The molecule has 0 bridgehead atoms. The Hall–Kier alpha value is -2.33. The predicted octanol–water partition coefficient (Wildman–Crippen LogP) is 3.65. The lowest BCUT2D eigenvalue weighted by Gasteiger charge is -2.11. The summed E-state index contributed by atoms with van der Waals surface area (Å²) in [7, 11) is 0. The zero-order valence-electron chi connectivity index (χ0n) is 12.0. The number of hydrogen-bond acceptors (Lipinski definition) is 3. The van der Waals surface area contributed by atoms with Crippen molar-refractivity contribution in [3.8, 4) is 11.1 Å². The van der Waals surface area contributed by atoms with E-state index in [0.29, 0.717) is 5.82 Å². The van der Waals surface area contributed by atoms with Crippen LogP contribution in [-0.2, 0) is 0 Å². The van der Waals surface area contributed by atoms with Crippen molar-refractivity contribution >= 4 is 16.9 Å². The van der Waals surface area contributed by atoms with Crippen LogP contribution >= 0.6 is 0 Å². The smallest absolute Gasteiger partial charge is 0.140 e. The molecule has 3 aromatic rings. The second-order valence-corrected chi connectivity index (χ2v) is 5.26. The molecule has 0 aliphatic carbocycles. The number of aromatic amines is 1. The molecule has 0 aliphatic heterocycles. The van der Waals surface area contributed by atoms with E-state index in [1.165, 1.54) is 0 Å². The summed E-state index contributed by atoms with van der Waals surface area (Å²) in [5.74, 6) is 0.495. The number of nitrogens with one attached hydrogen (secondary N) is 1. The van der Waals surface area contributed by atoms with Crippen LogP contribution in [0.4, 0.5) is 5.82 Å². The van der Waals surface area contributed by atoms with Gasteiger partial charge in [-0.3, -0.25) is 0 Å². The maximum Gasteiger partial charge on any atom is 0.140 e. The highest BCUT2D eigenvalue weighted by molar-refractivity contribution is 5.94. The third-order valence-electron chi connectivity index (χ3n) is 3.72. The highest BCUT2D eigenvalue weighted by Gasteiger charge is 2.10. The Kier molecular flexibility index (Phi) is 3.62. The SMILES string of the molecule is CCCC(O)c1ccc(-c2cc(N)nc3[nH]ccc23)cc1. The number of nitrogens with two attached hydrogens (primary N) is 1. The van der Waals surface area contributed by atoms with Gasteiger partial charge in [-0.25, -0.2) is 4.98 Å². The average Bonchev–Trinajstić information content (AvgIpc) is 2.95. The van der Waals surface area contributed by atoms with Gasteiger partial charge in [-0.15, -0.1) is 0 Å². The molecular formula is C17H19N3O. The van der Waals surface area contributed by atoms with Gasteiger partial charge in [0.2, 0.25) is 0 Å². The minimum Gasteiger partial charge on any atom is -0.388 e. The molecular weight excluding hydrogens is 262 g/mol. The molecule has 0 spiro atoms. The number of hydrogen-bond donors (Lipinski definition) is 3. The Balaban J connectivity index is 2.01. The standard InChI is InChI=1S/C17H19N3O/c1-2-3-15(21)12-6-4-11(5-7-12)14-10-16(18)20-17-13(14)8-9-19-17/h4-10,15,21H,2-3H2,1H3,(H3,18,19,20). The third-order valence-corrected chi connectivity index (χ3v) is 3.72. The number of rotatable bonds is 4. The molecule has 4 heteroatoms. The molecule has 3 rings (SSSR count). The van der Waals surface area contributed by atoms with Crippen LogP contribution in [0.25, 0.3) is 22.2 Å². The third kappa shape index (κ3) is 2.62. The number of anilines is 1. The minimum atomic E-state index is -0.390. The van der Waals surface area contributed by atoms with E-state index in [1.54, 1.807) is 0 Å². The van der Waals surface area contributed by atoms with Gasteiger partial charge in [-0.2, -0.15) is 0 Å². The van der Waals surface area contributed by atoms with Crippen molar-refractivity contribution in [2.75, 3.05) is 5.73 Å². The summed E-state index contributed by atoms with van der Waals surface area (Å²) in [6.07, 6.45) is 3.22. The number of fused-ring (bicyclic) bond motifs is 1. The number of pyridine rings is 1. The largest absolute Gasteiger partial charge is 0.388 e. The van der Waals surface area contributed by atoms with Gasteiger partial charge in [0.05, 0.1) is 6.10 Å². The Morgan fingerprint density at radius 2 is 2.00 bits per heavy atom. The summed E-state index contributed by atoms with van der Waals surface area (Å²) < 4.78 is 0. The first-order chi connectivity index (χ1) is 10.2. The molecule has 21 heavy (non-hydrogen) atoms. The summed E-state index contributed by atoms with van der Waals surface area (Å²) in [6.45, 7) is 2.07. The summed E-state index contributed by atoms with van der Waals surface area (Å²) in [4.78, 5) is 7.36. The molecule has 2 aromatic heterocycles. The number of benzene rings is 1. The van der Waals surface area contributed by atoms with E-state index in [4.69, 9.17) is 5.73 Å². The van der Waals surface area contributed by atoms with Crippen LogP contribution in [0.5, 0.6) is 0 Å². The van der Waals surface area contributed by atoms with Gasteiger partial charge in [0.1, 0.15) is 11.5 Å². The molecule has 0 aliphatic rings. The van der Waals surface area contributed by atoms with Gasteiger partial charge in [0.15, 0.2) is 0 Å². The number of aliphatic hydroxyl groups excluding tert-OH is 1. The summed E-state index contributed by atoms with van der Waals surface area (Å²) >= 11 is 0. The van der Waals surface area contributed by atoms with E-state index in [-0.39, 0.29) is 6.10 Å². The van der Waals surface area contributed by atoms with E-state index in [0.717, 1.165) is 40.6 Å². The van der Waals surface area contributed by atoms with E-state index in [9.17, 15) is 5.11 Å². The fourth-order valence-corrected chi connectivity index (χ4v) is 2.62. The molecule has 0 saturated carbocycles. The van der Waals surface area contributed by atoms with Crippen LogP contribution < -0.4 is 5.73 Å². The average molecular weight is 281 g/mol. The number of aromatic nitrogens is 2. The summed E-state index contributed by atoms with van der Waals surface area (Å²) in [5.41, 5.74) is 9.73. The first-order valence-electron chi connectivity index (χ1n) is 7.21. The Morgan fingerprint density at radius 1 is 1.24 bits per heavy atom. The quantitative estimate of drug-likeness (QED) is 0.683. The lowest BCUT2D eigenvalue weighted by molar-refractivity contribution is 0.166. The maximum absolute atomic E-state index is 10.0. The highest BCUT2D eigenvalue weighted by atomic mass is 16.3. The van der Waals surface area contributed by atoms with E-state index in [2.05, 4.69) is 16.9 Å². The van der Waals surface area contributed by atoms with Crippen molar-refractivity contribution in [1.82, 2.24) is 9.97 Å². The minimum absolute atomic E-state index is 0.390. The van der Waals surface area contributed by atoms with E-state index >= 15 is 0 Å². The van der Waals surface area contributed by atoms with Gasteiger partial charge >= 0.3 is 0 Å². The van der Waals surface area contributed by atoms with Gasteiger partial charge < -0.3 is 15.8 Å². The Labute approximate surface area is 123 Å². The molecule has 0 radical (unpaired) electrons. The van der Waals surface area contributed by atoms with E-state index < -0.39 is 0 Å². The van der Waals surface area contributed by atoms with Crippen LogP contribution in [0.15, 0.2) is 42.6 Å². The van der Waals surface area contributed by atoms with Crippen LogP contribution in [0.1, 0.15) is 31.4 Å².